The van der Waals surface area contributed by atoms with Gasteiger partial charge in [-0.2, -0.15) is 4.98 Å². The Kier molecular flexibility index (Phi) is 3.85. The first-order valence-corrected chi connectivity index (χ1v) is 7.12. The Morgan fingerprint density at radius 1 is 1.09 bits per heavy atom. The van der Waals surface area contributed by atoms with E-state index in [0.717, 1.165) is 16.9 Å². The highest BCUT2D eigenvalue weighted by Gasteiger charge is 2.09. The van der Waals surface area contributed by atoms with Gasteiger partial charge in [0.15, 0.2) is 0 Å². The summed E-state index contributed by atoms with van der Waals surface area (Å²) in [7, 11) is 1.60. The van der Waals surface area contributed by atoms with Crippen molar-refractivity contribution in [1.29, 1.82) is 0 Å². The van der Waals surface area contributed by atoms with Crippen LogP contribution in [0.4, 0.5) is 0 Å². The lowest BCUT2D eigenvalue weighted by atomic mass is 10.0. The maximum atomic E-state index is 11.9. The van der Waals surface area contributed by atoms with E-state index in [4.69, 9.17) is 4.74 Å². The molecule has 1 heterocycles. The average Bonchev–Trinajstić information content (AvgIpc) is 2.56. The third-order valence-electron chi connectivity index (χ3n) is 3.57. The fraction of sp³-hybridized carbons (Fsp3) is 0.111. The molecule has 3 aromatic rings. The molecule has 0 unspecified atom stereocenters. The van der Waals surface area contributed by atoms with Gasteiger partial charge in [0, 0.05) is 11.1 Å². The van der Waals surface area contributed by atoms with Crippen LogP contribution in [0.3, 0.4) is 0 Å². The fourth-order valence-electron chi connectivity index (χ4n) is 2.38. The largest absolute Gasteiger partial charge is 0.507 e. The minimum atomic E-state index is -0.464. The summed E-state index contributed by atoms with van der Waals surface area (Å²) in [6, 6.07) is 14.3. The van der Waals surface area contributed by atoms with Crippen LogP contribution in [0.1, 0.15) is 5.56 Å². The van der Waals surface area contributed by atoms with Crippen LogP contribution in [0.25, 0.3) is 22.5 Å². The molecular formula is C18H16N2O3. The number of H-pyrrole nitrogens is 1. The fourth-order valence-corrected chi connectivity index (χ4v) is 2.38. The summed E-state index contributed by atoms with van der Waals surface area (Å²) >= 11 is 0. The molecule has 0 spiro atoms. The number of hydrogen-bond acceptors (Lipinski definition) is 4. The van der Waals surface area contributed by atoms with Crippen molar-refractivity contribution in [1.82, 2.24) is 9.97 Å². The number of rotatable bonds is 3. The van der Waals surface area contributed by atoms with Gasteiger partial charge < -0.3 is 14.8 Å². The summed E-state index contributed by atoms with van der Waals surface area (Å²) < 4.78 is 5.13. The number of phenolic OH excluding ortho intramolecular Hbond substituents is 1. The van der Waals surface area contributed by atoms with Gasteiger partial charge in [0.05, 0.1) is 18.5 Å². The van der Waals surface area contributed by atoms with E-state index in [0.29, 0.717) is 17.0 Å². The van der Waals surface area contributed by atoms with E-state index in [1.165, 1.54) is 0 Å². The van der Waals surface area contributed by atoms with Crippen LogP contribution in [-0.2, 0) is 0 Å². The number of aryl methyl sites for hydroxylation is 1. The number of nitrogens with zero attached hydrogens (tertiary/aromatic N) is 1. The summed E-state index contributed by atoms with van der Waals surface area (Å²) in [6.07, 6.45) is 0. The minimum absolute atomic E-state index is 0.109. The summed E-state index contributed by atoms with van der Waals surface area (Å²) in [6.45, 7) is 1.92. The second-order valence-electron chi connectivity index (χ2n) is 5.23. The number of benzene rings is 2. The lowest BCUT2D eigenvalue weighted by Crippen LogP contribution is -2.12. The molecule has 0 aliphatic rings. The SMILES string of the molecule is COc1ccc(-c2cc(-c3cc(C)ccc3O)[nH]c(=O)n2)cc1. The smallest absolute Gasteiger partial charge is 0.345 e. The van der Waals surface area contributed by atoms with Crippen LogP contribution in [0.15, 0.2) is 53.3 Å². The maximum absolute atomic E-state index is 11.9. The Morgan fingerprint density at radius 2 is 1.83 bits per heavy atom. The molecule has 1 aromatic heterocycles. The number of hydrogen-bond donors (Lipinski definition) is 2. The molecule has 0 radical (unpaired) electrons. The van der Waals surface area contributed by atoms with Gasteiger partial charge in [-0.15, -0.1) is 0 Å². The highest BCUT2D eigenvalue weighted by molar-refractivity contribution is 5.72. The molecule has 0 saturated carbocycles. The Labute approximate surface area is 133 Å². The molecule has 0 bridgehead atoms. The number of nitrogens with one attached hydrogen (secondary N) is 1. The standard InChI is InChI=1S/C18H16N2O3/c1-11-3-8-17(21)14(9-11)16-10-15(19-18(22)20-16)12-4-6-13(23-2)7-5-12/h3-10,21H,1-2H3,(H,19,20,22). The van der Waals surface area contributed by atoms with E-state index in [1.807, 2.05) is 43.3 Å². The number of aromatic nitrogens is 2. The zero-order chi connectivity index (χ0) is 16.4. The molecule has 2 aromatic carbocycles. The highest BCUT2D eigenvalue weighted by atomic mass is 16.5. The number of aromatic hydroxyl groups is 1. The number of ether oxygens (including phenoxy) is 1. The summed E-state index contributed by atoms with van der Waals surface area (Å²) in [5, 5.41) is 10.1. The van der Waals surface area contributed by atoms with Gasteiger partial charge >= 0.3 is 5.69 Å². The van der Waals surface area contributed by atoms with Crippen molar-refractivity contribution in [2.75, 3.05) is 7.11 Å². The van der Waals surface area contributed by atoms with E-state index >= 15 is 0 Å². The van der Waals surface area contributed by atoms with Crippen molar-refractivity contribution in [3.63, 3.8) is 0 Å². The van der Waals surface area contributed by atoms with E-state index < -0.39 is 5.69 Å². The third kappa shape index (κ3) is 3.08. The van der Waals surface area contributed by atoms with Crippen molar-refractivity contribution in [3.05, 3.63) is 64.6 Å². The predicted molar refractivity (Wildman–Crippen MR) is 88.7 cm³/mol. The third-order valence-corrected chi connectivity index (χ3v) is 3.57. The maximum Gasteiger partial charge on any atom is 0.345 e. The van der Waals surface area contributed by atoms with Crippen molar-refractivity contribution in [2.24, 2.45) is 0 Å². The Bertz CT molecular complexity index is 899. The Hall–Kier alpha value is -3.08. The molecule has 0 fully saturated rings. The summed E-state index contributed by atoms with van der Waals surface area (Å²) in [4.78, 5) is 18.6. The zero-order valence-electron chi connectivity index (χ0n) is 12.8. The highest BCUT2D eigenvalue weighted by Crippen LogP contribution is 2.30. The van der Waals surface area contributed by atoms with Crippen LogP contribution in [0.5, 0.6) is 11.5 Å². The number of phenols is 1. The van der Waals surface area contributed by atoms with E-state index in [1.54, 1.807) is 19.2 Å². The normalized spacial score (nSPS) is 10.5. The zero-order valence-corrected chi connectivity index (χ0v) is 12.8. The molecule has 0 amide bonds. The molecule has 116 valence electrons. The molecule has 2 N–H and O–H groups in total. The number of aromatic amines is 1. The topological polar surface area (TPSA) is 75.2 Å². The van der Waals surface area contributed by atoms with E-state index in [-0.39, 0.29) is 5.75 Å². The Balaban J connectivity index is 2.12. The lowest BCUT2D eigenvalue weighted by molar-refractivity contribution is 0.415. The van der Waals surface area contributed by atoms with E-state index in [2.05, 4.69) is 9.97 Å². The second kappa shape index (κ2) is 5.96. The van der Waals surface area contributed by atoms with Crippen molar-refractivity contribution < 1.29 is 9.84 Å². The quantitative estimate of drug-likeness (QED) is 0.779. The van der Waals surface area contributed by atoms with Crippen LogP contribution in [-0.4, -0.2) is 22.2 Å². The number of methoxy groups -OCH3 is 1. The van der Waals surface area contributed by atoms with Gasteiger partial charge in [-0.05, 0) is 49.4 Å². The van der Waals surface area contributed by atoms with Gasteiger partial charge in [-0.1, -0.05) is 11.6 Å². The molecule has 0 saturated heterocycles. The molecule has 3 rings (SSSR count). The molecule has 5 heteroatoms. The summed E-state index contributed by atoms with van der Waals surface area (Å²) in [5.74, 6) is 0.841. The van der Waals surface area contributed by atoms with E-state index in [9.17, 15) is 9.90 Å². The molecule has 5 nitrogen and oxygen atoms in total. The second-order valence-corrected chi connectivity index (χ2v) is 5.23. The van der Waals surface area contributed by atoms with Crippen LogP contribution in [0.2, 0.25) is 0 Å². The predicted octanol–water partition coefficient (Wildman–Crippen LogP) is 3.13. The molecular weight excluding hydrogens is 292 g/mol. The molecule has 0 aliphatic heterocycles. The first-order chi connectivity index (χ1) is 11.1. The van der Waals surface area contributed by atoms with Gasteiger partial charge in [0.2, 0.25) is 0 Å². The van der Waals surface area contributed by atoms with Crippen molar-refractivity contribution >= 4 is 0 Å². The Morgan fingerprint density at radius 3 is 2.52 bits per heavy atom. The van der Waals surface area contributed by atoms with Gasteiger partial charge in [-0.25, -0.2) is 4.79 Å². The van der Waals surface area contributed by atoms with Crippen molar-refractivity contribution in [2.45, 2.75) is 6.92 Å². The monoisotopic (exact) mass is 308 g/mol. The summed E-state index contributed by atoms with van der Waals surface area (Å²) in [5.41, 5.74) is 2.95. The first kappa shape index (κ1) is 14.8. The molecule has 0 atom stereocenters. The minimum Gasteiger partial charge on any atom is -0.507 e. The van der Waals surface area contributed by atoms with Crippen LogP contribution >= 0.6 is 0 Å². The molecule has 0 aliphatic carbocycles. The van der Waals surface area contributed by atoms with Gasteiger partial charge in [-0.3, -0.25) is 0 Å². The average molecular weight is 308 g/mol. The van der Waals surface area contributed by atoms with Crippen LogP contribution < -0.4 is 10.4 Å². The van der Waals surface area contributed by atoms with Gasteiger partial charge in [0.25, 0.3) is 0 Å². The van der Waals surface area contributed by atoms with Crippen LogP contribution in [0, 0.1) is 6.92 Å². The molecule has 23 heavy (non-hydrogen) atoms. The van der Waals surface area contributed by atoms with Crippen molar-refractivity contribution in [3.8, 4) is 34.0 Å². The lowest BCUT2D eigenvalue weighted by Gasteiger charge is -2.08. The first-order valence-electron chi connectivity index (χ1n) is 7.12. The van der Waals surface area contributed by atoms with Gasteiger partial charge in [0.1, 0.15) is 11.5 Å².